The van der Waals surface area contributed by atoms with Crippen molar-refractivity contribution >= 4 is 32.8 Å². The number of nitrogens with zero attached hydrogens (tertiary/aromatic N) is 1. The van der Waals surface area contributed by atoms with Gasteiger partial charge in [0, 0.05) is 21.6 Å². The van der Waals surface area contributed by atoms with Gasteiger partial charge in [-0.3, -0.25) is 9.78 Å². The van der Waals surface area contributed by atoms with Crippen molar-refractivity contribution in [1.82, 2.24) is 4.98 Å². The van der Waals surface area contributed by atoms with E-state index in [9.17, 15) is 9.90 Å². The quantitative estimate of drug-likeness (QED) is 0.913. The first-order valence-corrected chi connectivity index (χ1v) is 5.82. The summed E-state index contributed by atoms with van der Waals surface area (Å²) in [7, 11) is 0. The molecule has 1 unspecified atom stereocenters. The van der Waals surface area contributed by atoms with Crippen molar-refractivity contribution in [1.29, 1.82) is 0 Å². The van der Waals surface area contributed by atoms with E-state index in [1.54, 1.807) is 24.4 Å². The lowest BCUT2D eigenvalue weighted by Crippen LogP contribution is -2.06. The number of aliphatic hydroxyl groups is 1. The Bertz CT molecular complexity index is 571. The van der Waals surface area contributed by atoms with Gasteiger partial charge in [0.25, 0.3) is 0 Å². The number of carbonyl (C=O) groups is 1. The molecule has 0 saturated carbocycles. The summed E-state index contributed by atoms with van der Waals surface area (Å²) in [5, 5.41) is 19.4. The Morgan fingerprint density at radius 3 is 2.88 bits per heavy atom. The topological polar surface area (TPSA) is 70.4 Å². The second-order valence-corrected chi connectivity index (χ2v) is 4.50. The van der Waals surface area contributed by atoms with E-state index >= 15 is 0 Å². The Kier molecular flexibility index (Phi) is 3.40. The first-order valence-electron chi connectivity index (χ1n) is 5.02. The summed E-state index contributed by atoms with van der Waals surface area (Å²) < 4.78 is 0.867. The van der Waals surface area contributed by atoms with Crippen LogP contribution in [0.5, 0.6) is 0 Å². The summed E-state index contributed by atoms with van der Waals surface area (Å²) in [6.07, 6.45) is 0.247. The van der Waals surface area contributed by atoms with Crippen LogP contribution in [0.3, 0.4) is 0 Å². The number of carboxylic acids is 1. The minimum Gasteiger partial charge on any atom is -0.481 e. The summed E-state index contributed by atoms with van der Waals surface area (Å²) in [6, 6.07) is 7.13. The number of aliphatic hydroxyl groups excluding tert-OH is 1. The monoisotopic (exact) mass is 295 g/mol. The molecule has 0 aliphatic carbocycles. The van der Waals surface area contributed by atoms with E-state index in [0.29, 0.717) is 11.1 Å². The van der Waals surface area contributed by atoms with Crippen molar-refractivity contribution in [2.75, 3.05) is 0 Å². The summed E-state index contributed by atoms with van der Waals surface area (Å²) in [4.78, 5) is 14.8. The molecule has 5 heteroatoms. The van der Waals surface area contributed by atoms with Gasteiger partial charge in [-0.25, -0.2) is 0 Å². The van der Waals surface area contributed by atoms with Crippen LogP contribution in [0.1, 0.15) is 18.1 Å². The molecule has 0 saturated heterocycles. The van der Waals surface area contributed by atoms with Crippen LogP contribution in [0, 0.1) is 0 Å². The standard InChI is InChI=1S/C12H10BrNO3/c13-9-4-3-8(10(15)6-11(16)17)12-7(9)2-1-5-14-12/h1-5,10,15H,6H2,(H,16,17). The van der Waals surface area contributed by atoms with Crippen LogP contribution >= 0.6 is 15.9 Å². The van der Waals surface area contributed by atoms with E-state index in [2.05, 4.69) is 20.9 Å². The molecule has 0 aliphatic rings. The number of pyridine rings is 1. The number of fused-ring (bicyclic) bond motifs is 1. The van der Waals surface area contributed by atoms with Crippen LogP contribution in [0.2, 0.25) is 0 Å². The Labute approximate surface area is 106 Å². The molecule has 1 aromatic carbocycles. The number of benzene rings is 1. The van der Waals surface area contributed by atoms with E-state index < -0.39 is 12.1 Å². The van der Waals surface area contributed by atoms with Gasteiger partial charge in [-0.2, -0.15) is 0 Å². The molecular weight excluding hydrogens is 286 g/mol. The average Bonchev–Trinajstić information content (AvgIpc) is 2.29. The molecule has 0 aliphatic heterocycles. The van der Waals surface area contributed by atoms with Gasteiger partial charge in [0.1, 0.15) is 0 Å². The summed E-state index contributed by atoms with van der Waals surface area (Å²) >= 11 is 3.39. The first-order chi connectivity index (χ1) is 8.09. The molecular formula is C12H10BrNO3. The van der Waals surface area contributed by atoms with Crippen molar-refractivity contribution in [3.05, 3.63) is 40.5 Å². The molecule has 2 rings (SSSR count). The fraction of sp³-hybridized carbons (Fsp3) is 0.167. The van der Waals surface area contributed by atoms with Crippen molar-refractivity contribution < 1.29 is 15.0 Å². The van der Waals surface area contributed by atoms with Crippen LogP contribution in [-0.4, -0.2) is 21.2 Å². The molecule has 1 heterocycles. The van der Waals surface area contributed by atoms with Crippen molar-refractivity contribution in [3.8, 4) is 0 Å². The fourth-order valence-corrected chi connectivity index (χ4v) is 2.16. The summed E-state index contributed by atoms with van der Waals surface area (Å²) in [5.41, 5.74) is 1.15. The van der Waals surface area contributed by atoms with Crippen LogP contribution in [0.4, 0.5) is 0 Å². The third-order valence-corrected chi connectivity index (χ3v) is 3.17. The van der Waals surface area contributed by atoms with E-state index in [1.807, 2.05) is 6.07 Å². The zero-order chi connectivity index (χ0) is 12.4. The molecule has 4 nitrogen and oxygen atoms in total. The predicted molar refractivity (Wildman–Crippen MR) is 66.7 cm³/mol. The zero-order valence-electron chi connectivity index (χ0n) is 8.80. The average molecular weight is 296 g/mol. The zero-order valence-corrected chi connectivity index (χ0v) is 10.4. The van der Waals surface area contributed by atoms with Gasteiger partial charge in [0.05, 0.1) is 18.0 Å². The van der Waals surface area contributed by atoms with Crippen LogP contribution in [-0.2, 0) is 4.79 Å². The predicted octanol–water partition coefficient (Wildman–Crippen LogP) is 2.51. The van der Waals surface area contributed by atoms with Crippen LogP contribution < -0.4 is 0 Å². The largest absolute Gasteiger partial charge is 0.481 e. The minimum absolute atomic E-state index is 0.326. The lowest BCUT2D eigenvalue weighted by atomic mass is 10.0. The molecule has 0 amide bonds. The smallest absolute Gasteiger partial charge is 0.306 e. The minimum atomic E-state index is -1.04. The Morgan fingerprint density at radius 1 is 1.41 bits per heavy atom. The van der Waals surface area contributed by atoms with Crippen molar-refractivity contribution in [2.45, 2.75) is 12.5 Å². The molecule has 0 fully saturated rings. The summed E-state index contributed by atoms with van der Waals surface area (Å²) in [5.74, 6) is -1.04. The maximum Gasteiger partial charge on any atom is 0.306 e. The molecule has 0 radical (unpaired) electrons. The fourth-order valence-electron chi connectivity index (χ4n) is 1.70. The highest BCUT2D eigenvalue weighted by molar-refractivity contribution is 9.10. The number of aromatic nitrogens is 1. The van der Waals surface area contributed by atoms with E-state index in [1.165, 1.54) is 0 Å². The molecule has 2 N–H and O–H groups in total. The summed E-state index contributed by atoms with van der Waals surface area (Å²) in [6.45, 7) is 0. The number of halogens is 1. The maximum absolute atomic E-state index is 10.6. The normalized spacial score (nSPS) is 12.6. The molecule has 2 aromatic rings. The molecule has 1 atom stereocenters. The molecule has 0 spiro atoms. The third-order valence-electron chi connectivity index (χ3n) is 2.47. The van der Waals surface area contributed by atoms with Gasteiger partial charge < -0.3 is 10.2 Å². The Hall–Kier alpha value is -1.46. The van der Waals surface area contributed by atoms with Gasteiger partial charge >= 0.3 is 5.97 Å². The maximum atomic E-state index is 10.6. The molecule has 1 aromatic heterocycles. The lowest BCUT2D eigenvalue weighted by molar-refractivity contribution is -0.139. The van der Waals surface area contributed by atoms with E-state index in [4.69, 9.17) is 5.11 Å². The van der Waals surface area contributed by atoms with E-state index in [-0.39, 0.29) is 6.42 Å². The third kappa shape index (κ3) is 2.45. The molecule has 17 heavy (non-hydrogen) atoms. The Morgan fingerprint density at radius 2 is 2.18 bits per heavy atom. The highest BCUT2D eigenvalue weighted by Crippen LogP contribution is 2.29. The van der Waals surface area contributed by atoms with Crippen molar-refractivity contribution in [3.63, 3.8) is 0 Å². The van der Waals surface area contributed by atoms with Gasteiger partial charge in [0.15, 0.2) is 0 Å². The lowest BCUT2D eigenvalue weighted by Gasteiger charge is -2.11. The first kappa shape index (κ1) is 12.0. The van der Waals surface area contributed by atoms with Crippen molar-refractivity contribution in [2.24, 2.45) is 0 Å². The number of rotatable bonds is 3. The Balaban J connectivity index is 2.55. The molecule has 0 bridgehead atoms. The van der Waals surface area contributed by atoms with Crippen LogP contribution in [0.15, 0.2) is 34.9 Å². The van der Waals surface area contributed by atoms with Gasteiger partial charge in [-0.05, 0) is 12.1 Å². The highest BCUT2D eigenvalue weighted by Gasteiger charge is 2.16. The second kappa shape index (κ2) is 4.81. The number of carboxylic acid groups (broad SMARTS) is 1. The highest BCUT2D eigenvalue weighted by atomic mass is 79.9. The van der Waals surface area contributed by atoms with Gasteiger partial charge in [-0.1, -0.05) is 28.1 Å². The SMILES string of the molecule is O=C(O)CC(O)c1ccc(Br)c2cccnc12. The van der Waals surface area contributed by atoms with Crippen LogP contribution in [0.25, 0.3) is 10.9 Å². The van der Waals surface area contributed by atoms with Gasteiger partial charge in [-0.15, -0.1) is 0 Å². The number of hydrogen-bond donors (Lipinski definition) is 2. The number of hydrogen-bond acceptors (Lipinski definition) is 3. The number of aliphatic carboxylic acids is 1. The van der Waals surface area contributed by atoms with E-state index in [0.717, 1.165) is 9.86 Å². The second-order valence-electron chi connectivity index (χ2n) is 3.65. The molecule has 88 valence electrons. The van der Waals surface area contributed by atoms with Gasteiger partial charge in [0.2, 0.25) is 0 Å².